The molecule has 0 aliphatic carbocycles. The van der Waals surface area contributed by atoms with Crippen molar-refractivity contribution in [2.24, 2.45) is 0 Å². The Balaban J connectivity index is 2.05. The van der Waals surface area contributed by atoms with E-state index < -0.39 is 11.2 Å². The van der Waals surface area contributed by atoms with Crippen LogP contribution in [0.4, 0.5) is 11.5 Å². The zero-order valence-corrected chi connectivity index (χ0v) is 18.6. The number of anilines is 2. The third kappa shape index (κ3) is 4.35. The molecule has 30 heavy (non-hydrogen) atoms. The molecule has 9 heteroatoms. The molecule has 0 spiro atoms. The van der Waals surface area contributed by atoms with Crippen LogP contribution in [0.25, 0.3) is 6.08 Å². The Morgan fingerprint density at radius 1 is 1.30 bits per heavy atom. The Morgan fingerprint density at radius 3 is 2.77 bits per heavy atom. The van der Waals surface area contributed by atoms with Crippen LogP contribution >= 0.6 is 15.9 Å². The van der Waals surface area contributed by atoms with E-state index in [0.717, 1.165) is 22.9 Å². The summed E-state index contributed by atoms with van der Waals surface area (Å²) in [5, 5.41) is 0. The standard InChI is InChI=1S/C21H25BrN4O4/c1-3-5-9-26-18(23)17(19(27)24-21(26)29)25(8-4-2)20(28)14-10-13-11-15(22)6-7-16(13)30-12-14/h6-7,10-11H,3-5,8-9,12,23H2,1-2H3,(H,24,27,29). The highest BCUT2D eigenvalue weighted by Crippen LogP contribution is 2.30. The highest BCUT2D eigenvalue weighted by atomic mass is 79.9. The number of aromatic amines is 1. The van der Waals surface area contributed by atoms with E-state index in [4.69, 9.17) is 10.5 Å². The number of hydrogen-bond donors (Lipinski definition) is 2. The Bertz CT molecular complexity index is 1100. The van der Waals surface area contributed by atoms with Crippen LogP contribution in [0.1, 0.15) is 38.7 Å². The highest BCUT2D eigenvalue weighted by molar-refractivity contribution is 9.10. The van der Waals surface area contributed by atoms with Gasteiger partial charge in [0.05, 0.1) is 5.57 Å². The van der Waals surface area contributed by atoms with Crippen LogP contribution in [0.5, 0.6) is 5.75 Å². The van der Waals surface area contributed by atoms with Crippen LogP contribution in [0.2, 0.25) is 0 Å². The lowest BCUT2D eigenvalue weighted by molar-refractivity contribution is -0.115. The average Bonchev–Trinajstić information content (AvgIpc) is 2.71. The van der Waals surface area contributed by atoms with Gasteiger partial charge in [-0.25, -0.2) is 4.79 Å². The number of H-pyrrole nitrogens is 1. The SMILES string of the molecule is CCCCn1c(N)c(N(CCC)C(=O)C2=Cc3cc(Br)ccc3OC2)c(=O)[nH]c1=O. The van der Waals surface area contributed by atoms with Crippen LogP contribution in [-0.2, 0) is 11.3 Å². The minimum atomic E-state index is -0.674. The van der Waals surface area contributed by atoms with E-state index in [1.54, 1.807) is 6.08 Å². The lowest BCUT2D eigenvalue weighted by Crippen LogP contribution is -2.42. The number of hydrogen-bond acceptors (Lipinski definition) is 5. The summed E-state index contributed by atoms with van der Waals surface area (Å²) in [5.41, 5.74) is 6.14. The first kappa shape index (κ1) is 21.9. The molecule has 3 rings (SSSR count). The Labute approximate surface area is 182 Å². The van der Waals surface area contributed by atoms with Gasteiger partial charge in [0, 0.05) is 23.1 Å². The molecule has 160 valence electrons. The van der Waals surface area contributed by atoms with Gasteiger partial charge in [-0.3, -0.25) is 19.1 Å². The number of carbonyl (C=O) groups excluding carboxylic acids is 1. The van der Waals surface area contributed by atoms with Crippen LogP contribution < -0.4 is 26.6 Å². The van der Waals surface area contributed by atoms with E-state index in [0.29, 0.717) is 24.3 Å². The Hall–Kier alpha value is -2.81. The molecule has 0 bridgehead atoms. The number of benzene rings is 1. The second-order valence-corrected chi connectivity index (χ2v) is 8.01. The number of carbonyl (C=O) groups is 1. The van der Waals surface area contributed by atoms with Gasteiger partial charge in [-0.15, -0.1) is 0 Å². The predicted molar refractivity (Wildman–Crippen MR) is 121 cm³/mol. The van der Waals surface area contributed by atoms with Gasteiger partial charge in [0.25, 0.3) is 11.5 Å². The molecule has 2 heterocycles. The van der Waals surface area contributed by atoms with Crippen LogP contribution in [0.15, 0.2) is 37.8 Å². The number of fused-ring (bicyclic) bond motifs is 1. The summed E-state index contributed by atoms with van der Waals surface area (Å²) in [6.45, 7) is 4.62. The summed E-state index contributed by atoms with van der Waals surface area (Å²) in [6, 6.07) is 5.55. The summed E-state index contributed by atoms with van der Waals surface area (Å²) in [5.74, 6) is 0.308. The molecule has 0 saturated heterocycles. The lowest BCUT2D eigenvalue weighted by Gasteiger charge is -2.26. The topological polar surface area (TPSA) is 110 Å². The number of unbranched alkanes of at least 4 members (excludes halogenated alkanes) is 1. The zero-order valence-electron chi connectivity index (χ0n) is 17.0. The average molecular weight is 477 g/mol. The molecule has 0 fully saturated rings. The Morgan fingerprint density at radius 2 is 2.07 bits per heavy atom. The van der Waals surface area contributed by atoms with E-state index in [9.17, 15) is 14.4 Å². The second kappa shape index (κ2) is 9.34. The second-order valence-electron chi connectivity index (χ2n) is 7.10. The number of amides is 1. The fraction of sp³-hybridized carbons (Fsp3) is 0.381. The quantitative estimate of drug-likeness (QED) is 0.637. The minimum absolute atomic E-state index is 0.000489. The van der Waals surface area contributed by atoms with Gasteiger partial charge in [-0.1, -0.05) is 36.2 Å². The summed E-state index contributed by atoms with van der Waals surface area (Å²) >= 11 is 3.42. The minimum Gasteiger partial charge on any atom is -0.488 e. The van der Waals surface area contributed by atoms with Crippen molar-refractivity contribution in [1.82, 2.24) is 9.55 Å². The molecular weight excluding hydrogens is 452 g/mol. The zero-order chi connectivity index (χ0) is 21.8. The first-order valence-electron chi connectivity index (χ1n) is 9.94. The number of nitrogens with one attached hydrogen (secondary N) is 1. The molecule has 1 aliphatic heterocycles. The molecular formula is C21H25BrN4O4. The van der Waals surface area contributed by atoms with E-state index in [-0.39, 0.29) is 30.6 Å². The van der Waals surface area contributed by atoms with Gasteiger partial charge < -0.3 is 15.4 Å². The highest BCUT2D eigenvalue weighted by Gasteiger charge is 2.28. The van der Waals surface area contributed by atoms with Crippen molar-refractivity contribution in [3.8, 4) is 5.75 Å². The van der Waals surface area contributed by atoms with Crippen LogP contribution in [0.3, 0.4) is 0 Å². The van der Waals surface area contributed by atoms with Crippen molar-refractivity contribution in [3.63, 3.8) is 0 Å². The first-order valence-corrected chi connectivity index (χ1v) is 10.7. The van der Waals surface area contributed by atoms with Gasteiger partial charge in [0.2, 0.25) is 0 Å². The fourth-order valence-electron chi connectivity index (χ4n) is 3.36. The van der Waals surface area contributed by atoms with Gasteiger partial charge in [-0.05, 0) is 37.1 Å². The van der Waals surface area contributed by atoms with Crippen LogP contribution in [0, 0.1) is 0 Å². The maximum absolute atomic E-state index is 13.4. The normalized spacial score (nSPS) is 12.7. The Kier molecular flexibility index (Phi) is 6.81. The number of ether oxygens (including phenoxy) is 1. The summed E-state index contributed by atoms with van der Waals surface area (Å²) in [4.78, 5) is 41.9. The molecule has 1 amide bonds. The van der Waals surface area contributed by atoms with Gasteiger partial charge in [0.15, 0.2) is 5.69 Å². The predicted octanol–water partition coefficient (Wildman–Crippen LogP) is 2.90. The number of rotatable bonds is 7. The van der Waals surface area contributed by atoms with Gasteiger partial charge in [0.1, 0.15) is 18.2 Å². The molecule has 0 saturated carbocycles. The molecule has 1 aliphatic rings. The number of nitrogens with zero attached hydrogens (tertiary/aromatic N) is 2. The number of halogens is 1. The van der Waals surface area contributed by atoms with Gasteiger partial charge >= 0.3 is 5.69 Å². The molecule has 1 aromatic carbocycles. The molecule has 2 aromatic rings. The van der Waals surface area contributed by atoms with Crippen molar-refractivity contribution in [2.75, 3.05) is 23.8 Å². The van der Waals surface area contributed by atoms with E-state index >= 15 is 0 Å². The summed E-state index contributed by atoms with van der Waals surface area (Å²) in [6.07, 6.45) is 3.94. The third-order valence-electron chi connectivity index (χ3n) is 4.87. The largest absolute Gasteiger partial charge is 0.488 e. The van der Waals surface area contributed by atoms with E-state index in [1.165, 1.54) is 9.47 Å². The molecule has 8 nitrogen and oxygen atoms in total. The lowest BCUT2D eigenvalue weighted by atomic mass is 10.1. The molecule has 0 radical (unpaired) electrons. The monoisotopic (exact) mass is 476 g/mol. The van der Waals surface area contributed by atoms with Crippen molar-refractivity contribution in [2.45, 2.75) is 39.7 Å². The maximum Gasteiger partial charge on any atom is 0.330 e. The molecule has 3 N–H and O–H groups in total. The third-order valence-corrected chi connectivity index (χ3v) is 5.36. The molecule has 0 atom stereocenters. The van der Waals surface area contributed by atoms with Crippen molar-refractivity contribution < 1.29 is 9.53 Å². The summed E-state index contributed by atoms with van der Waals surface area (Å²) in [7, 11) is 0. The first-order chi connectivity index (χ1) is 14.4. The number of aromatic nitrogens is 2. The number of nitrogen functional groups attached to an aromatic ring is 1. The van der Waals surface area contributed by atoms with Gasteiger partial charge in [-0.2, -0.15) is 0 Å². The molecule has 1 aromatic heterocycles. The van der Waals surface area contributed by atoms with E-state index in [2.05, 4.69) is 20.9 Å². The fourth-order valence-corrected chi connectivity index (χ4v) is 3.74. The smallest absolute Gasteiger partial charge is 0.330 e. The van der Waals surface area contributed by atoms with Crippen molar-refractivity contribution in [3.05, 3.63) is 54.6 Å². The molecule has 0 unspecified atom stereocenters. The van der Waals surface area contributed by atoms with Crippen LogP contribution in [-0.4, -0.2) is 28.6 Å². The summed E-state index contributed by atoms with van der Waals surface area (Å²) < 4.78 is 7.90. The van der Waals surface area contributed by atoms with E-state index in [1.807, 2.05) is 32.0 Å². The number of nitrogens with two attached hydrogens (primary N) is 1. The van der Waals surface area contributed by atoms with Crippen molar-refractivity contribution in [1.29, 1.82) is 0 Å². The van der Waals surface area contributed by atoms with Crippen molar-refractivity contribution >= 4 is 39.4 Å². The maximum atomic E-state index is 13.4.